The summed E-state index contributed by atoms with van der Waals surface area (Å²) in [6.45, 7) is 2.28. The predicted octanol–water partition coefficient (Wildman–Crippen LogP) is 4.92. The molecule has 0 fully saturated rings. The molecule has 1 heterocycles. The minimum atomic E-state index is -0.0531. The van der Waals surface area contributed by atoms with Gasteiger partial charge in [0.15, 0.2) is 0 Å². The second kappa shape index (κ2) is 7.82. The van der Waals surface area contributed by atoms with Crippen molar-refractivity contribution < 1.29 is 0 Å². The van der Waals surface area contributed by atoms with Gasteiger partial charge in [0.05, 0.1) is 0 Å². The first kappa shape index (κ1) is 13.9. The summed E-state index contributed by atoms with van der Waals surface area (Å²) in [5.74, 6) is 0. The van der Waals surface area contributed by atoms with Crippen LogP contribution in [0.2, 0.25) is 0 Å². The monoisotopic (exact) mass is 356 g/mol. The molecule has 0 amide bonds. The number of hydrogen-bond acceptors (Lipinski definition) is 0. The topological polar surface area (TPSA) is 0 Å². The van der Waals surface area contributed by atoms with Crippen molar-refractivity contribution in [1.82, 2.24) is 0 Å². The van der Waals surface area contributed by atoms with E-state index in [4.69, 9.17) is 0 Å². The van der Waals surface area contributed by atoms with Crippen LogP contribution in [0.25, 0.3) is 9.14 Å². The van der Waals surface area contributed by atoms with Gasteiger partial charge in [-0.25, -0.2) is 0 Å². The van der Waals surface area contributed by atoms with Gasteiger partial charge >= 0.3 is 121 Å². The van der Waals surface area contributed by atoms with E-state index in [-0.39, 0.29) is 20.4 Å². The van der Waals surface area contributed by atoms with E-state index >= 15 is 0 Å². The zero-order valence-corrected chi connectivity index (χ0v) is 13.5. The first-order valence-corrected chi connectivity index (χ1v) is 9.54. The summed E-state index contributed by atoms with van der Waals surface area (Å²) in [4.78, 5) is 0. The van der Waals surface area contributed by atoms with Gasteiger partial charge in [0.25, 0.3) is 0 Å². The fourth-order valence-electron chi connectivity index (χ4n) is 2.19. The predicted molar refractivity (Wildman–Crippen MR) is 81.3 cm³/mol. The van der Waals surface area contributed by atoms with Crippen LogP contribution in [0.3, 0.4) is 0 Å². The molecule has 0 nitrogen and oxygen atoms in total. The Balaban J connectivity index is 1.83. The average molecular weight is 354 g/mol. The van der Waals surface area contributed by atoms with Crippen LogP contribution < -0.4 is 0 Å². The summed E-state index contributed by atoms with van der Waals surface area (Å²) in [5, 5.41) is 0. The van der Waals surface area contributed by atoms with Crippen LogP contribution in [0, 0.1) is 0 Å². The third-order valence-corrected chi connectivity index (χ3v) is 6.22. The summed E-state index contributed by atoms with van der Waals surface area (Å²) in [5.41, 5.74) is 3.05. The Morgan fingerprint density at radius 2 is 1.72 bits per heavy atom. The number of aryl methyl sites for hydroxylation is 1. The van der Waals surface area contributed by atoms with Crippen LogP contribution in [0.15, 0.2) is 40.5 Å². The molecule has 0 bridgehead atoms. The molecule has 0 saturated carbocycles. The standard InChI is InChI=1S/C17H22Te/c1-2-3-4-5-7-10-15-13-17(18-14-15)16-11-8-6-9-12-16/h6,8-9,11-14H,2-5,7,10H2,1H3. The first-order valence-electron chi connectivity index (χ1n) is 7.03. The summed E-state index contributed by atoms with van der Waals surface area (Å²) < 4.78 is 4.15. The summed E-state index contributed by atoms with van der Waals surface area (Å²) in [7, 11) is 0. The summed E-state index contributed by atoms with van der Waals surface area (Å²) in [6, 6.07) is 13.3. The molecule has 0 aliphatic carbocycles. The van der Waals surface area contributed by atoms with Crippen LogP contribution in [-0.2, 0) is 6.42 Å². The van der Waals surface area contributed by atoms with Crippen molar-refractivity contribution in [1.29, 1.82) is 0 Å². The van der Waals surface area contributed by atoms with Gasteiger partial charge in [-0.3, -0.25) is 0 Å². The molecular formula is C17H22Te. The van der Waals surface area contributed by atoms with Crippen molar-refractivity contribution >= 4 is 20.4 Å². The van der Waals surface area contributed by atoms with Crippen molar-refractivity contribution in [2.45, 2.75) is 45.4 Å². The van der Waals surface area contributed by atoms with E-state index in [0.29, 0.717) is 0 Å². The third-order valence-electron chi connectivity index (χ3n) is 3.28. The van der Waals surface area contributed by atoms with E-state index in [2.05, 4.69) is 47.4 Å². The molecule has 1 heteroatoms. The van der Waals surface area contributed by atoms with Crippen LogP contribution in [0.5, 0.6) is 0 Å². The maximum atomic E-state index is 2.53. The van der Waals surface area contributed by atoms with Gasteiger partial charge in [0, 0.05) is 0 Å². The van der Waals surface area contributed by atoms with Crippen molar-refractivity contribution in [3.8, 4) is 9.14 Å². The zero-order valence-electron chi connectivity index (χ0n) is 11.2. The molecule has 0 radical (unpaired) electrons. The average Bonchev–Trinajstić information content (AvgIpc) is 2.88. The van der Waals surface area contributed by atoms with Crippen LogP contribution >= 0.6 is 0 Å². The Morgan fingerprint density at radius 1 is 0.944 bits per heavy atom. The molecule has 0 atom stereocenters. The van der Waals surface area contributed by atoms with E-state index in [1.165, 1.54) is 44.1 Å². The molecule has 96 valence electrons. The molecule has 0 spiro atoms. The van der Waals surface area contributed by atoms with E-state index in [1.807, 2.05) is 0 Å². The second-order valence-electron chi connectivity index (χ2n) is 4.85. The van der Waals surface area contributed by atoms with Crippen molar-refractivity contribution in [3.63, 3.8) is 0 Å². The van der Waals surface area contributed by atoms with Gasteiger partial charge in [-0.2, -0.15) is 0 Å². The van der Waals surface area contributed by atoms with E-state index in [9.17, 15) is 0 Å². The second-order valence-corrected chi connectivity index (χ2v) is 7.45. The summed E-state index contributed by atoms with van der Waals surface area (Å²) in [6.07, 6.45) is 8.23. The van der Waals surface area contributed by atoms with E-state index in [1.54, 1.807) is 9.14 Å². The molecule has 0 aliphatic rings. The fraction of sp³-hybridized carbons (Fsp3) is 0.412. The molecule has 0 aliphatic heterocycles. The SMILES string of the molecule is CCCCCCCc1c[te]c(-c2ccccc2)c1. The van der Waals surface area contributed by atoms with Gasteiger partial charge in [0.1, 0.15) is 0 Å². The Kier molecular flexibility index (Phi) is 6.05. The molecule has 18 heavy (non-hydrogen) atoms. The Labute approximate surface area is 121 Å². The van der Waals surface area contributed by atoms with Crippen molar-refractivity contribution in [3.05, 3.63) is 46.0 Å². The van der Waals surface area contributed by atoms with Crippen LogP contribution in [-0.4, -0.2) is 20.4 Å². The van der Waals surface area contributed by atoms with E-state index < -0.39 is 0 Å². The van der Waals surface area contributed by atoms with Crippen LogP contribution in [0.1, 0.15) is 44.6 Å². The quantitative estimate of drug-likeness (QED) is 0.489. The van der Waals surface area contributed by atoms with Gasteiger partial charge in [0.2, 0.25) is 0 Å². The van der Waals surface area contributed by atoms with Gasteiger partial charge in [-0.05, 0) is 0 Å². The maximum absolute atomic E-state index is 2.53. The first-order chi connectivity index (χ1) is 8.90. The van der Waals surface area contributed by atoms with Crippen molar-refractivity contribution in [2.75, 3.05) is 0 Å². The van der Waals surface area contributed by atoms with E-state index in [0.717, 1.165) is 0 Å². The molecule has 0 N–H and O–H groups in total. The number of hydrogen-bond donors (Lipinski definition) is 0. The number of unbranched alkanes of at least 4 members (excludes halogenated alkanes) is 4. The molecular weight excluding hydrogens is 332 g/mol. The molecule has 2 aromatic rings. The van der Waals surface area contributed by atoms with Crippen molar-refractivity contribution in [2.24, 2.45) is 0 Å². The molecule has 0 saturated heterocycles. The number of rotatable bonds is 7. The minimum absolute atomic E-state index is 0.0531. The molecule has 0 unspecified atom stereocenters. The fourth-order valence-corrected chi connectivity index (χ4v) is 4.92. The Hall–Kier alpha value is -0.510. The number of benzene rings is 1. The Morgan fingerprint density at radius 3 is 2.50 bits per heavy atom. The normalized spacial score (nSPS) is 10.7. The van der Waals surface area contributed by atoms with Gasteiger partial charge in [-0.15, -0.1) is 0 Å². The Bertz CT molecular complexity index is 442. The zero-order chi connectivity index (χ0) is 12.6. The third kappa shape index (κ3) is 4.30. The molecule has 1 aromatic heterocycles. The summed E-state index contributed by atoms with van der Waals surface area (Å²) >= 11 is -0.0531. The van der Waals surface area contributed by atoms with Gasteiger partial charge in [-0.1, -0.05) is 0 Å². The molecule has 2 rings (SSSR count). The molecule has 1 aromatic carbocycles. The van der Waals surface area contributed by atoms with Gasteiger partial charge < -0.3 is 0 Å². The van der Waals surface area contributed by atoms with Crippen LogP contribution in [0.4, 0.5) is 0 Å².